The third-order valence-corrected chi connectivity index (χ3v) is 5.64. The van der Waals surface area contributed by atoms with E-state index in [-0.39, 0.29) is 23.8 Å². The summed E-state index contributed by atoms with van der Waals surface area (Å²) in [5.74, 6) is 1.69. The normalized spacial score (nSPS) is 30.1. The SMILES string of the molecule is CC(C)C1C(=O)NC2(CCCC2)C(=O)N1CC(C)C1CC1. The van der Waals surface area contributed by atoms with Crippen LogP contribution in [0.25, 0.3) is 0 Å². The smallest absolute Gasteiger partial charge is 0.249 e. The third kappa shape index (κ3) is 2.58. The molecule has 2 amide bonds. The molecule has 3 rings (SSSR count). The fourth-order valence-electron chi connectivity index (χ4n) is 4.21. The molecule has 0 aromatic rings. The van der Waals surface area contributed by atoms with E-state index in [1.54, 1.807) is 0 Å². The summed E-state index contributed by atoms with van der Waals surface area (Å²) < 4.78 is 0. The first kappa shape index (κ1) is 14.9. The molecular formula is C17H28N2O2. The Kier molecular flexibility index (Phi) is 3.74. The highest BCUT2D eigenvalue weighted by molar-refractivity contribution is 6.00. The zero-order valence-corrected chi connectivity index (χ0v) is 13.5. The van der Waals surface area contributed by atoms with Gasteiger partial charge in [0.15, 0.2) is 0 Å². The van der Waals surface area contributed by atoms with Gasteiger partial charge in [-0.15, -0.1) is 0 Å². The average Bonchev–Trinajstić information content (AvgIpc) is 3.17. The second-order valence-electron chi connectivity index (χ2n) is 7.74. The van der Waals surface area contributed by atoms with E-state index in [1.165, 1.54) is 12.8 Å². The standard InChI is InChI=1S/C17H28N2O2/c1-11(2)14-15(20)18-17(8-4-5-9-17)16(21)19(14)10-12(3)13-6-7-13/h11-14H,4-10H2,1-3H3,(H,18,20). The van der Waals surface area contributed by atoms with E-state index < -0.39 is 5.54 Å². The van der Waals surface area contributed by atoms with E-state index in [1.807, 2.05) is 18.7 Å². The van der Waals surface area contributed by atoms with Gasteiger partial charge in [-0.25, -0.2) is 0 Å². The minimum Gasteiger partial charge on any atom is -0.340 e. The van der Waals surface area contributed by atoms with Crippen LogP contribution in [0.3, 0.4) is 0 Å². The number of nitrogens with zero attached hydrogens (tertiary/aromatic N) is 1. The van der Waals surface area contributed by atoms with Gasteiger partial charge in [0.25, 0.3) is 0 Å². The van der Waals surface area contributed by atoms with Gasteiger partial charge in [0, 0.05) is 6.54 Å². The van der Waals surface area contributed by atoms with Gasteiger partial charge in [0.05, 0.1) is 0 Å². The molecule has 118 valence electrons. The highest BCUT2D eigenvalue weighted by atomic mass is 16.2. The molecule has 2 atom stereocenters. The number of nitrogens with one attached hydrogen (secondary N) is 1. The number of carbonyl (C=O) groups excluding carboxylic acids is 2. The summed E-state index contributed by atoms with van der Waals surface area (Å²) >= 11 is 0. The Hall–Kier alpha value is -1.06. The van der Waals surface area contributed by atoms with Crippen LogP contribution >= 0.6 is 0 Å². The minimum atomic E-state index is -0.578. The molecule has 1 saturated heterocycles. The van der Waals surface area contributed by atoms with Crippen molar-refractivity contribution in [3.63, 3.8) is 0 Å². The van der Waals surface area contributed by atoms with Crippen molar-refractivity contribution < 1.29 is 9.59 Å². The van der Waals surface area contributed by atoms with Crippen molar-refractivity contribution in [2.24, 2.45) is 17.8 Å². The van der Waals surface area contributed by atoms with E-state index in [0.717, 1.165) is 38.1 Å². The zero-order chi connectivity index (χ0) is 15.2. The second kappa shape index (κ2) is 5.29. The molecule has 2 aliphatic carbocycles. The van der Waals surface area contributed by atoms with Crippen molar-refractivity contribution in [3.8, 4) is 0 Å². The lowest BCUT2D eigenvalue weighted by molar-refractivity contribution is -0.157. The Labute approximate surface area is 127 Å². The van der Waals surface area contributed by atoms with E-state index in [4.69, 9.17) is 0 Å². The largest absolute Gasteiger partial charge is 0.340 e. The van der Waals surface area contributed by atoms with Crippen LogP contribution in [0.2, 0.25) is 0 Å². The Balaban J connectivity index is 1.85. The number of rotatable bonds is 4. The Morgan fingerprint density at radius 3 is 2.33 bits per heavy atom. The van der Waals surface area contributed by atoms with Crippen LogP contribution in [0.1, 0.15) is 59.3 Å². The van der Waals surface area contributed by atoms with Crippen molar-refractivity contribution in [1.29, 1.82) is 0 Å². The van der Waals surface area contributed by atoms with Crippen molar-refractivity contribution in [3.05, 3.63) is 0 Å². The molecule has 0 radical (unpaired) electrons. The molecule has 3 fully saturated rings. The molecule has 0 bridgehead atoms. The Morgan fingerprint density at radius 1 is 1.19 bits per heavy atom. The molecule has 0 aromatic heterocycles. The van der Waals surface area contributed by atoms with Crippen molar-refractivity contribution in [2.45, 2.75) is 70.9 Å². The summed E-state index contributed by atoms with van der Waals surface area (Å²) in [4.78, 5) is 27.6. The fraction of sp³-hybridized carbons (Fsp3) is 0.882. The molecule has 2 saturated carbocycles. The lowest BCUT2D eigenvalue weighted by Gasteiger charge is -2.46. The maximum Gasteiger partial charge on any atom is 0.249 e. The van der Waals surface area contributed by atoms with E-state index in [0.29, 0.717) is 5.92 Å². The van der Waals surface area contributed by atoms with Crippen LogP contribution in [0, 0.1) is 17.8 Å². The van der Waals surface area contributed by atoms with Gasteiger partial charge in [-0.05, 0) is 43.4 Å². The van der Waals surface area contributed by atoms with Crippen LogP contribution in [-0.4, -0.2) is 34.8 Å². The molecule has 21 heavy (non-hydrogen) atoms. The van der Waals surface area contributed by atoms with Gasteiger partial charge in [-0.1, -0.05) is 33.6 Å². The maximum absolute atomic E-state index is 13.1. The summed E-state index contributed by atoms with van der Waals surface area (Å²) in [6, 6.07) is -0.287. The quantitative estimate of drug-likeness (QED) is 0.864. The summed E-state index contributed by atoms with van der Waals surface area (Å²) in [5.41, 5.74) is -0.578. The van der Waals surface area contributed by atoms with Crippen molar-refractivity contribution in [2.75, 3.05) is 6.54 Å². The summed E-state index contributed by atoms with van der Waals surface area (Å²) in [6.45, 7) is 7.07. The first-order valence-corrected chi connectivity index (χ1v) is 8.58. The van der Waals surface area contributed by atoms with Crippen LogP contribution in [0.15, 0.2) is 0 Å². The van der Waals surface area contributed by atoms with Crippen LogP contribution < -0.4 is 5.32 Å². The fourth-order valence-corrected chi connectivity index (χ4v) is 4.21. The number of amides is 2. The van der Waals surface area contributed by atoms with Gasteiger partial charge < -0.3 is 10.2 Å². The highest BCUT2D eigenvalue weighted by Crippen LogP contribution is 2.40. The van der Waals surface area contributed by atoms with Crippen molar-refractivity contribution >= 4 is 11.8 Å². The number of carbonyl (C=O) groups is 2. The van der Waals surface area contributed by atoms with E-state index in [9.17, 15) is 9.59 Å². The average molecular weight is 292 g/mol. The van der Waals surface area contributed by atoms with Crippen LogP contribution in [0.5, 0.6) is 0 Å². The monoisotopic (exact) mass is 292 g/mol. The molecule has 2 unspecified atom stereocenters. The van der Waals surface area contributed by atoms with Crippen LogP contribution in [-0.2, 0) is 9.59 Å². The van der Waals surface area contributed by atoms with E-state index in [2.05, 4.69) is 12.2 Å². The zero-order valence-electron chi connectivity index (χ0n) is 13.5. The lowest BCUT2D eigenvalue weighted by Crippen LogP contribution is -2.71. The molecule has 1 aliphatic heterocycles. The lowest BCUT2D eigenvalue weighted by atomic mass is 9.86. The first-order valence-electron chi connectivity index (χ1n) is 8.58. The summed E-state index contributed by atoms with van der Waals surface area (Å²) in [7, 11) is 0. The predicted octanol–water partition coefficient (Wildman–Crippen LogP) is 2.33. The molecule has 0 aromatic carbocycles. The van der Waals surface area contributed by atoms with Gasteiger partial charge in [-0.3, -0.25) is 9.59 Å². The number of hydrogen-bond acceptors (Lipinski definition) is 2. The summed E-state index contributed by atoms with van der Waals surface area (Å²) in [5, 5.41) is 3.09. The third-order valence-electron chi connectivity index (χ3n) is 5.64. The van der Waals surface area contributed by atoms with Gasteiger partial charge in [0.1, 0.15) is 11.6 Å². The molecular weight excluding hydrogens is 264 g/mol. The molecule has 4 heteroatoms. The predicted molar refractivity (Wildman–Crippen MR) is 81.6 cm³/mol. The van der Waals surface area contributed by atoms with Crippen LogP contribution in [0.4, 0.5) is 0 Å². The number of piperazine rings is 1. The Morgan fingerprint density at radius 2 is 1.81 bits per heavy atom. The molecule has 3 aliphatic rings. The molecule has 1 heterocycles. The topological polar surface area (TPSA) is 49.4 Å². The van der Waals surface area contributed by atoms with Gasteiger partial charge in [0.2, 0.25) is 11.8 Å². The highest BCUT2D eigenvalue weighted by Gasteiger charge is 2.53. The summed E-state index contributed by atoms with van der Waals surface area (Å²) in [6.07, 6.45) is 6.29. The minimum absolute atomic E-state index is 0.0643. The van der Waals surface area contributed by atoms with Gasteiger partial charge >= 0.3 is 0 Å². The number of hydrogen-bond donors (Lipinski definition) is 1. The molecule has 1 spiro atoms. The maximum atomic E-state index is 13.1. The first-order chi connectivity index (χ1) is 9.94. The van der Waals surface area contributed by atoms with E-state index >= 15 is 0 Å². The van der Waals surface area contributed by atoms with Crippen molar-refractivity contribution in [1.82, 2.24) is 10.2 Å². The second-order valence-corrected chi connectivity index (χ2v) is 7.74. The molecule has 1 N–H and O–H groups in total. The van der Waals surface area contributed by atoms with Gasteiger partial charge in [-0.2, -0.15) is 0 Å². The molecule has 4 nitrogen and oxygen atoms in total. The Bertz CT molecular complexity index is 436.